The fourth-order valence-corrected chi connectivity index (χ4v) is 1.72. The van der Waals surface area contributed by atoms with Crippen molar-refractivity contribution in [3.63, 3.8) is 0 Å². The summed E-state index contributed by atoms with van der Waals surface area (Å²) in [5.41, 5.74) is 2.52. The van der Waals surface area contributed by atoms with Crippen molar-refractivity contribution in [2.75, 3.05) is 18.9 Å². The number of hydrogen-bond donors (Lipinski definition) is 3. The van der Waals surface area contributed by atoms with Crippen molar-refractivity contribution >= 4 is 17.5 Å². The molecule has 104 valence electrons. The molecule has 0 aromatic heterocycles. The Balaban J connectivity index is 2.59. The Morgan fingerprint density at radius 1 is 1.26 bits per heavy atom. The van der Waals surface area contributed by atoms with Gasteiger partial charge < -0.3 is 16.0 Å². The monoisotopic (exact) mass is 263 g/mol. The van der Waals surface area contributed by atoms with Gasteiger partial charge in [0.2, 0.25) is 5.91 Å². The molecule has 0 aliphatic rings. The molecular formula is C14H21N3O2. The Bertz CT molecular complexity index is 470. The fourth-order valence-electron chi connectivity index (χ4n) is 1.72. The summed E-state index contributed by atoms with van der Waals surface area (Å²) in [4.78, 5) is 23.3. The minimum atomic E-state index is -0.246. The molecule has 1 aromatic carbocycles. The van der Waals surface area contributed by atoms with E-state index in [0.717, 1.165) is 11.3 Å². The van der Waals surface area contributed by atoms with Gasteiger partial charge in [-0.3, -0.25) is 9.59 Å². The Hall–Kier alpha value is -2.04. The van der Waals surface area contributed by atoms with Crippen LogP contribution in [-0.4, -0.2) is 31.4 Å². The summed E-state index contributed by atoms with van der Waals surface area (Å²) in [7, 11) is 1.83. The number of carbonyl (C=O) groups is 2. The molecule has 0 fully saturated rings. The maximum absolute atomic E-state index is 11.9. The molecule has 0 atom stereocenters. The average molecular weight is 263 g/mol. The van der Waals surface area contributed by atoms with Crippen LogP contribution in [-0.2, 0) is 4.79 Å². The van der Waals surface area contributed by atoms with Gasteiger partial charge in [-0.25, -0.2) is 0 Å². The summed E-state index contributed by atoms with van der Waals surface area (Å²) in [5.74, 6) is -0.434. The molecule has 0 saturated carbocycles. The van der Waals surface area contributed by atoms with E-state index in [2.05, 4.69) is 16.0 Å². The summed E-state index contributed by atoms with van der Waals surface area (Å²) in [5, 5.41) is 8.35. The highest BCUT2D eigenvalue weighted by molar-refractivity contribution is 5.97. The molecule has 0 aliphatic heterocycles. The van der Waals surface area contributed by atoms with Gasteiger partial charge in [0.05, 0.1) is 6.54 Å². The normalized spacial score (nSPS) is 10.2. The van der Waals surface area contributed by atoms with Gasteiger partial charge in [-0.1, -0.05) is 0 Å². The number of carbonyl (C=O) groups excluding carboxylic acids is 2. The Labute approximate surface area is 113 Å². The zero-order chi connectivity index (χ0) is 14.4. The largest absolute Gasteiger partial charge is 0.388 e. The summed E-state index contributed by atoms with van der Waals surface area (Å²) < 4.78 is 0. The first-order valence-corrected chi connectivity index (χ1v) is 6.30. The van der Waals surface area contributed by atoms with Crippen LogP contribution in [0, 0.1) is 6.92 Å². The first-order chi connectivity index (χ1) is 8.93. The molecule has 19 heavy (non-hydrogen) atoms. The lowest BCUT2D eigenvalue weighted by Crippen LogP contribution is -2.39. The predicted molar refractivity (Wildman–Crippen MR) is 76.3 cm³/mol. The smallest absolute Gasteiger partial charge is 0.251 e. The molecule has 1 rings (SSSR count). The second-order valence-corrected chi connectivity index (χ2v) is 4.68. The molecule has 3 N–H and O–H groups in total. The van der Waals surface area contributed by atoms with Gasteiger partial charge >= 0.3 is 0 Å². The lowest BCUT2D eigenvalue weighted by molar-refractivity contribution is -0.120. The summed E-state index contributed by atoms with van der Waals surface area (Å²) in [6.07, 6.45) is 0. The molecular weight excluding hydrogens is 242 g/mol. The zero-order valence-electron chi connectivity index (χ0n) is 11.8. The van der Waals surface area contributed by atoms with Crippen LogP contribution in [0.5, 0.6) is 0 Å². The molecule has 0 aliphatic carbocycles. The van der Waals surface area contributed by atoms with Gasteiger partial charge in [0.25, 0.3) is 5.91 Å². The second-order valence-electron chi connectivity index (χ2n) is 4.68. The van der Waals surface area contributed by atoms with Crippen molar-refractivity contribution < 1.29 is 9.59 Å². The average Bonchev–Trinajstić information content (AvgIpc) is 2.35. The van der Waals surface area contributed by atoms with Crippen molar-refractivity contribution in [1.29, 1.82) is 0 Å². The molecule has 5 heteroatoms. The third-order valence-electron chi connectivity index (χ3n) is 2.62. The summed E-state index contributed by atoms with van der Waals surface area (Å²) >= 11 is 0. The second kappa shape index (κ2) is 6.78. The topological polar surface area (TPSA) is 70.2 Å². The third-order valence-corrected chi connectivity index (χ3v) is 2.62. The minimum Gasteiger partial charge on any atom is -0.388 e. The lowest BCUT2D eigenvalue weighted by atomic mass is 10.1. The lowest BCUT2D eigenvalue weighted by Gasteiger charge is -2.10. The highest BCUT2D eigenvalue weighted by Gasteiger charge is 2.09. The van der Waals surface area contributed by atoms with Crippen LogP contribution in [0.2, 0.25) is 0 Å². The van der Waals surface area contributed by atoms with Crippen molar-refractivity contribution in [3.8, 4) is 0 Å². The van der Waals surface area contributed by atoms with E-state index in [9.17, 15) is 9.59 Å². The van der Waals surface area contributed by atoms with E-state index in [1.165, 1.54) is 0 Å². The van der Waals surface area contributed by atoms with Gasteiger partial charge in [-0.05, 0) is 44.5 Å². The molecule has 0 heterocycles. The van der Waals surface area contributed by atoms with Gasteiger partial charge in [-0.2, -0.15) is 0 Å². The van der Waals surface area contributed by atoms with Gasteiger partial charge in [0, 0.05) is 24.3 Å². The summed E-state index contributed by atoms with van der Waals surface area (Å²) in [6, 6.07) is 5.44. The predicted octanol–water partition coefficient (Wildman–Crippen LogP) is 1.29. The van der Waals surface area contributed by atoms with Crippen molar-refractivity contribution in [2.24, 2.45) is 0 Å². The molecule has 1 aromatic rings. The molecule has 0 radical (unpaired) electrons. The number of aryl methyl sites for hydroxylation is 1. The SMILES string of the molecule is CNc1ccc(C(=O)NCC(=O)NC(C)C)cc1C. The first kappa shape index (κ1) is 15.0. The van der Waals surface area contributed by atoms with E-state index < -0.39 is 0 Å². The molecule has 0 saturated heterocycles. The first-order valence-electron chi connectivity index (χ1n) is 6.30. The van der Waals surface area contributed by atoms with Gasteiger partial charge in [0.1, 0.15) is 0 Å². The van der Waals surface area contributed by atoms with Crippen LogP contribution in [0.15, 0.2) is 18.2 Å². The molecule has 0 unspecified atom stereocenters. The number of benzene rings is 1. The summed E-state index contributed by atoms with van der Waals surface area (Å²) in [6.45, 7) is 5.66. The van der Waals surface area contributed by atoms with Crippen molar-refractivity contribution in [3.05, 3.63) is 29.3 Å². The molecule has 2 amide bonds. The van der Waals surface area contributed by atoms with Crippen LogP contribution in [0.3, 0.4) is 0 Å². The van der Waals surface area contributed by atoms with Crippen LogP contribution in [0.1, 0.15) is 29.8 Å². The van der Waals surface area contributed by atoms with E-state index in [0.29, 0.717) is 5.56 Å². The minimum absolute atomic E-state index is 0.0101. The Morgan fingerprint density at radius 2 is 1.95 bits per heavy atom. The van der Waals surface area contributed by atoms with Crippen LogP contribution in [0.25, 0.3) is 0 Å². The van der Waals surface area contributed by atoms with Crippen LogP contribution < -0.4 is 16.0 Å². The Morgan fingerprint density at radius 3 is 2.47 bits per heavy atom. The number of hydrogen-bond acceptors (Lipinski definition) is 3. The Kier molecular flexibility index (Phi) is 5.36. The highest BCUT2D eigenvalue weighted by atomic mass is 16.2. The van der Waals surface area contributed by atoms with Gasteiger partial charge in [0.15, 0.2) is 0 Å². The zero-order valence-corrected chi connectivity index (χ0v) is 11.8. The number of rotatable bonds is 5. The van der Waals surface area contributed by atoms with E-state index >= 15 is 0 Å². The molecule has 0 bridgehead atoms. The maximum atomic E-state index is 11.9. The number of nitrogens with one attached hydrogen (secondary N) is 3. The molecule has 5 nitrogen and oxygen atoms in total. The van der Waals surface area contributed by atoms with Crippen molar-refractivity contribution in [1.82, 2.24) is 10.6 Å². The van der Waals surface area contributed by atoms with E-state index in [1.807, 2.05) is 33.9 Å². The van der Waals surface area contributed by atoms with E-state index in [-0.39, 0.29) is 24.4 Å². The standard InChI is InChI=1S/C14H21N3O2/c1-9(2)17-13(18)8-16-14(19)11-5-6-12(15-4)10(3)7-11/h5-7,9,15H,8H2,1-4H3,(H,16,19)(H,17,18). The van der Waals surface area contributed by atoms with E-state index in [1.54, 1.807) is 12.1 Å². The number of anilines is 1. The highest BCUT2D eigenvalue weighted by Crippen LogP contribution is 2.15. The molecule has 0 spiro atoms. The van der Waals surface area contributed by atoms with Crippen molar-refractivity contribution in [2.45, 2.75) is 26.8 Å². The third kappa shape index (κ3) is 4.62. The number of amides is 2. The van der Waals surface area contributed by atoms with Crippen LogP contribution >= 0.6 is 0 Å². The quantitative estimate of drug-likeness (QED) is 0.749. The van der Waals surface area contributed by atoms with Gasteiger partial charge in [-0.15, -0.1) is 0 Å². The van der Waals surface area contributed by atoms with Crippen LogP contribution in [0.4, 0.5) is 5.69 Å². The maximum Gasteiger partial charge on any atom is 0.251 e. The fraction of sp³-hybridized carbons (Fsp3) is 0.429. The van der Waals surface area contributed by atoms with E-state index in [4.69, 9.17) is 0 Å².